The molecule has 0 aromatic heterocycles. The van der Waals surface area contributed by atoms with E-state index in [9.17, 15) is 19.0 Å². The van der Waals surface area contributed by atoms with Crippen molar-refractivity contribution in [3.8, 4) is 0 Å². The second-order valence-electron chi connectivity index (χ2n) is 20.9. The van der Waals surface area contributed by atoms with Gasteiger partial charge in [0.1, 0.15) is 19.3 Å². The zero-order valence-corrected chi connectivity index (χ0v) is 50.5. The average Bonchev–Trinajstić information content (AvgIpc) is 3.39. The van der Waals surface area contributed by atoms with Crippen LogP contribution < -0.4 is 5.32 Å². The zero-order valence-electron chi connectivity index (χ0n) is 49.6. The molecule has 0 aliphatic heterocycles. The first-order valence-electron chi connectivity index (χ1n) is 30.2. The van der Waals surface area contributed by atoms with E-state index in [2.05, 4.69) is 99.0 Å². The molecule has 0 aromatic carbocycles. The molecule has 0 heterocycles. The highest BCUT2D eigenvalue weighted by Gasteiger charge is 2.30. The third kappa shape index (κ3) is 56.4. The summed E-state index contributed by atoms with van der Waals surface area (Å²) in [6.07, 6.45) is 79.9. The minimum atomic E-state index is -4.47. The molecule has 0 rings (SSSR count). The number of carbonyl (C=O) groups is 2. The Balaban J connectivity index is 5.33. The molecule has 0 radical (unpaired) electrons. The van der Waals surface area contributed by atoms with Gasteiger partial charge >= 0.3 is 13.8 Å². The van der Waals surface area contributed by atoms with Gasteiger partial charge in [0.2, 0.25) is 5.91 Å². The van der Waals surface area contributed by atoms with Crippen LogP contribution in [0.5, 0.6) is 0 Å². The number of nitrogens with one attached hydrogen (secondary N) is 1. The summed E-state index contributed by atoms with van der Waals surface area (Å²) >= 11 is 0. The maximum absolute atomic E-state index is 13.5. The van der Waals surface area contributed by atoms with Gasteiger partial charge in [-0.2, -0.15) is 0 Å². The van der Waals surface area contributed by atoms with Crippen LogP contribution in [0.2, 0.25) is 0 Å². The highest BCUT2D eigenvalue weighted by atomic mass is 31.2. The fourth-order valence-electron chi connectivity index (χ4n) is 7.82. The number of hydrogen-bond acceptors (Lipinski definition) is 6. The lowest BCUT2D eigenvalue weighted by Gasteiger charge is -2.27. The van der Waals surface area contributed by atoms with Crippen LogP contribution in [0.4, 0.5) is 0 Å². The fraction of sp³-hybridized carbons (Fsp3) is 0.612. The first-order valence-corrected chi connectivity index (χ1v) is 31.7. The average molecular weight is 1090 g/mol. The maximum atomic E-state index is 13.5. The van der Waals surface area contributed by atoms with Crippen molar-refractivity contribution in [2.75, 3.05) is 40.9 Å². The number of hydrogen-bond donors (Lipinski definition) is 2. The highest BCUT2D eigenvalue weighted by Crippen LogP contribution is 2.43. The van der Waals surface area contributed by atoms with Crippen molar-refractivity contribution in [3.05, 3.63) is 146 Å². The lowest BCUT2D eigenvalue weighted by atomic mass is 10.1. The number of amides is 1. The lowest BCUT2D eigenvalue weighted by Crippen LogP contribution is -2.47. The van der Waals surface area contributed by atoms with E-state index in [1.807, 2.05) is 94.1 Å². The minimum Gasteiger partial charge on any atom is -0.456 e. The minimum absolute atomic E-state index is 0.0211. The molecule has 77 heavy (non-hydrogen) atoms. The van der Waals surface area contributed by atoms with E-state index in [0.717, 1.165) is 109 Å². The largest absolute Gasteiger partial charge is 0.472 e. The number of ether oxygens (including phenoxy) is 1. The second kappa shape index (κ2) is 55.2. The highest BCUT2D eigenvalue weighted by molar-refractivity contribution is 7.47. The molecule has 2 N–H and O–H groups in total. The van der Waals surface area contributed by atoms with E-state index in [4.69, 9.17) is 13.8 Å². The number of phosphoric acid groups is 1. The van der Waals surface area contributed by atoms with Gasteiger partial charge in [0.05, 0.1) is 33.8 Å². The van der Waals surface area contributed by atoms with E-state index in [1.54, 1.807) is 0 Å². The first-order chi connectivity index (χ1) is 37.4. The van der Waals surface area contributed by atoms with Crippen LogP contribution in [-0.2, 0) is 27.9 Å². The summed E-state index contributed by atoms with van der Waals surface area (Å²) in [4.78, 5) is 37.7. The van der Waals surface area contributed by atoms with Crippen LogP contribution in [0.3, 0.4) is 0 Å². The van der Waals surface area contributed by atoms with Gasteiger partial charge in [0, 0.05) is 12.8 Å². The van der Waals surface area contributed by atoms with Gasteiger partial charge in [-0.15, -0.1) is 0 Å². The smallest absolute Gasteiger partial charge is 0.456 e. The van der Waals surface area contributed by atoms with Crippen molar-refractivity contribution in [1.82, 2.24) is 5.32 Å². The standard InChI is InChI=1S/C67H111N2O7P/c1-7-10-13-16-19-22-25-27-29-31-32-33-34-35-36-38-39-41-44-47-50-53-56-59-66(70)68-64(63-75-77(72,73)74-62-61-69(4,5)6)65(58-55-52-49-46-43-24-21-18-15-12-9-3)76-67(71)60-57-54-51-48-45-42-40-37-30-28-26-23-20-17-14-11-8-2/h10-11,13-14,17,19-20,22-23,26-30,32-33,35-37,40,42,45,55,58,64-65H,7-9,12,15-16,18,21,24-25,31,34,38-39,41,43-44,46-54,56-57,59-63H2,1-6H3,(H-,68,70,72,73)/p+1/b13-10-,14-11-,20-17+,22-19-,26-23+,29-27-,30-28-,33-32-,36-35-,40-37+,45-42+,58-55-. The van der Waals surface area contributed by atoms with Gasteiger partial charge in [-0.05, 0) is 96.0 Å². The van der Waals surface area contributed by atoms with E-state index in [1.165, 1.54) is 64.2 Å². The lowest BCUT2D eigenvalue weighted by molar-refractivity contribution is -0.870. The predicted octanol–water partition coefficient (Wildman–Crippen LogP) is 18.7. The molecule has 0 spiro atoms. The molecular weight excluding hydrogens is 976 g/mol. The Kier molecular flexibility index (Phi) is 52.3. The van der Waals surface area contributed by atoms with Crippen molar-refractivity contribution in [1.29, 1.82) is 0 Å². The number of likely N-dealkylation sites (N-methyl/N-ethyl adjacent to an activating group) is 1. The molecule has 0 aromatic rings. The summed E-state index contributed by atoms with van der Waals surface area (Å²) in [6, 6.07) is -0.884. The van der Waals surface area contributed by atoms with E-state index >= 15 is 0 Å². The van der Waals surface area contributed by atoms with Crippen molar-refractivity contribution in [3.63, 3.8) is 0 Å². The Morgan fingerprint density at radius 2 is 0.896 bits per heavy atom. The van der Waals surface area contributed by atoms with Gasteiger partial charge in [-0.3, -0.25) is 18.6 Å². The number of unbranched alkanes of at least 4 members (excludes halogenated alkanes) is 19. The number of allylic oxidation sites excluding steroid dienone is 23. The number of rotatable bonds is 52. The van der Waals surface area contributed by atoms with Crippen LogP contribution in [0, 0.1) is 0 Å². The molecule has 9 nitrogen and oxygen atoms in total. The van der Waals surface area contributed by atoms with E-state index in [-0.39, 0.29) is 31.5 Å². The maximum Gasteiger partial charge on any atom is 0.472 e. The number of phosphoric ester groups is 1. The Bertz CT molecular complexity index is 1830. The molecule has 3 atom stereocenters. The number of carbonyl (C=O) groups excluding carboxylic acids is 2. The van der Waals surface area contributed by atoms with E-state index < -0.39 is 20.0 Å². The monoisotopic (exact) mass is 1090 g/mol. The quantitative estimate of drug-likeness (QED) is 0.0156. The van der Waals surface area contributed by atoms with Crippen molar-refractivity contribution in [2.24, 2.45) is 0 Å². The van der Waals surface area contributed by atoms with E-state index in [0.29, 0.717) is 23.9 Å². The molecule has 10 heteroatoms. The summed E-state index contributed by atoms with van der Waals surface area (Å²) in [7, 11) is 1.43. The van der Waals surface area contributed by atoms with Crippen molar-refractivity contribution in [2.45, 2.75) is 226 Å². The number of nitrogens with zero attached hydrogens (tertiary/aromatic N) is 1. The molecule has 0 aliphatic rings. The van der Waals surface area contributed by atoms with Crippen LogP contribution in [0.25, 0.3) is 0 Å². The molecule has 0 aliphatic carbocycles. The molecule has 1 amide bonds. The Labute approximate surface area is 472 Å². The van der Waals surface area contributed by atoms with Crippen LogP contribution >= 0.6 is 7.82 Å². The molecule has 0 saturated heterocycles. The molecule has 0 saturated carbocycles. The van der Waals surface area contributed by atoms with Gasteiger partial charge in [-0.25, -0.2) is 4.57 Å². The number of esters is 1. The van der Waals surface area contributed by atoms with Gasteiger partial charge in [0.25, 0.3) is 0 Å². The normalized spacial score (nSPS) is 14.7. The molecule has 0 bridgehead atoms. The Hall–Kier alpha value is -4.11. The van der Waals surface area contributed by atoms with Gasteiger partial charge < -0.3 is 19.4 Å². The summed E-state index contributed by atoms with van der Waals surface area (Å²) in [5, 5.41) is 3.03. The fourth-order valence-corrected chi connectivity index (χ4v) is 8.56. The van der Waals surface area contributed by atoms with Gasteiger partial charge in [0.15, 0.2) is 0 Å². The summed E-state index contributed by atoms with van der Waals surface area (Å²) in [5.74, 6) is -0.583. The SMILES string of the molecule is CC\C=C/C=C/C=C/C=C\C=C\C=C\CCCCCC(=O)OC(/C=C\CCCCCCCCCCC)C(COP(=O)(O)OCC[N+](C)(C)C)NC(=O)CCCCCCCCC/C=C\C/C=C\C/C=C\C/C=C\C/C=C\CC. The molecular formula is C67H112N2O7P+. The predicted molar refractivity (Wildman–Crippen MR) is 332 cm³/mol. The summed E-state index contributed by atoms with van der Waals surface area (Å²) in [5.41, 5.74) is 0. The van der Waals surface area contributed by atoms with Crippen molar-refractivity contribution < 1.29 is 37.3 Å². The van der Waals surface area contributed by atoms with Gasteiger partial charge in [-0.1, -0.05) is 250 Å². The third-order valence-electron chi connectivity index (χ3n) is 12.4. The van der Waals surface area contributed by atoms with Crippen LogP contribution in [0.1, 0.15) is 213 Å². The topological polar surface area (TPSA) is 111 Å². The summed E-state index contributed by atoms with van der Waals surface area (Å²) in [6.45, 7) is 6.68. The molecule has 3 unspecified atom stereocenters. The van der Waals surface area contributed by atoms with Crippen LogP contribution in [0.15, 0.2) is 146 Å². The van der Waals surface area contributed by atoms with Crippen molar-refractivity contribution >= 4 is 19.7 Å². The zero-order chi connectivity index (χ0) is 56.4. The van der Waals surface area contributed by atoms with Crippen LogP contribution in [-0.4, -0.2) is 74.3 Å². The number of quaternary nitrogens is 1. The Morgan fingerprint density at radius 1 is 0.481 bits per heavy atom. The third-order valence-corrected chi connectivity index (χ3v) is 13.4. The first kappa shape index (κ1) is 72.9. The second-order valence-corrected chi connectivity index (χ2v) is 22.4. The molecule has 436 valence electrons. The molecule has 0 fully saturated rings. The summed E-state index contributed by atoms with van der Waals surface area (Å²) < 4.78 is 30.6. The Morgan fingerprint density at radius 3 is 1.42 bits per heavy atom.